The first-order valence-electron chi connectivity index (χ1n) is 5.66. The number of hydrogen-bond acceptors (Lipinski definition) is 4. The number of aliphatic hydroxyl groups excluding tert-OH is 1. The molecule has 3 N–H and O–H groups in total. The van der Waals surface area contributed by atoms with Crippen molar-refractivity contribution >= 4 is 27.8 Å². The molecule has 1 aromatic rings. The monoisotopic (exact) mass is 330 g/mol. The Labute approximate surface area is 119 Å². The zero-order valence-corrected chi connectivity index (χ0v) is 12.1. The minimum absolute atomic E-state index is 0.0251. The van der Waals surface area contributed by atoms with Crippen molar-refractivity contribution in [2.75, 3.05) is 0 Å². The van der Waals surface area contributed by atoms with Crippen molar-refractivity contribution in [2.24, 2.45) is 0 Å². The fourth-order valence-electron chi connectivity index (χ4n) is 1.81. The molecule has 0 bridgehead atoms. The molecule has 104 valence electrons. The van der Waals surface area contributed by atoms with E-state index in [4.69, 9.17) is 0 Å². The smallest absolute Gasteiger partial charge is 0.332 e. The zero-order chi connectivity index (χ0) is 14.6. The molecule has 0 radical (unpaired) electrons. The van der Waals surface area contributed by atoms with Crippen molar-refractivity contribution in [1.82, 2.24) is 10.3 Å². The van der Waals surface area contributed by atoms with E-state index in [9.17, 15) is 19.8 Å². The third-order valence-electron chi connectivity index (χ3n) is 2.82. The Morgan fingerprint density at radius 3 is 2.58 bits per heavy atom. The standard InChI is InChI=1S/C12H15BrN2O4/c1-3-12(11(18)19,15-7(2)16)10(17)8-5-4-6-9(13)14-8/h4-6,10,17H,3H2,1-2H3,(H,15,16)(H,18,19). The number of carbonyl (C=O) groups is 2. The van der Waals surface area contributed by atoms with Crippen LogP contribution < -0.4 is 5.32 Å². The maximum absolute atomic E-state index is 11.5. The summed E-state index contributed by atoms with van der Waals surface area (Å²) >= 11 is 3.15. The van der Waals surface area contributed by atoms with Crippen LogP contribution in [0.4, 0.5) is 0 Å². The number of nitrogens with one attached hydrogen (secondary N) is 1. The SMILES string of the molecule is CCC(NC(C)=O)(C(=O)O)C(O)c1cccc(Br)n1. The third kappa shape index (κ3) is 3.30. The van der Waals surface area contributed by atoms with Gasteiger partial charge in [0.2, 0.25) is 5.91 Å². The fourth-order valence-corrected chi connectivity index (χ4v) is 2.17. The Morgan fingerprint density at radius 1 is 1.53 bits per heavy atom. The lowest BCUT2D eigenvalue weighted by molar-refractivity contribution is -0.154. The normalized spacial score (nSPS) is 15.4. The van der Waals surface area contributed by atoms with Gasteiger partial charge in [-0.25, -0.2) is 9.78 Å². The molecule has 7 heteroatoms. The van der Waals surface area contributed by atoms with Gasteiger partial charge >= 0.3 is 5.97 Å². The summed E-state index contributed by atoms with van der Waals surface area (Å²) in [6.45, 7) is 2.78. The highest BCUT2D eigenvalue weighted by Gasteiger charge is 2.46. The topological polar surface area (TPSA) is 99.5 Å². The Balaban J connectivity index is 3.24. The summed E-state index contributed by atoms with van der Waals surface area (Å²) in [7, 11) is 0. The number of amides is 1. The summed E-state index contributed by atoms with van der Waals surface area (Å²) in [5.74, 6) is -1.84. The van der Waals surface area contributed by atoms with E-state index < -0.39 is 23.5 Å². The molecule has 0 aliphatic heterocycles. The van der Waals surface area contributed by atoms with Gasteiger partial charge in [-0.2, -0.15) is 0 Å². The molecular formula is C12H15BrN2O4. The van der Waals surface area contributed by atoms with Crippen LogP contribution in [-0.4, -0.2) is 32.6 Å². The molecule has 0 aliphatic carbocycles. The molecule has 0 aliphatic rings. The van der Waals surface area contributed by atoms with E-state index in [2.05, 4.69) is 26.2 Å². The van der Waals surface area contributed by atoms with E-state index in [0.717, 1.165) is 0 Å². The van der Waals surface area contributed by atoms with Crippen molar-refractivity contribution in [1.29, 1.82) is 0 Å². The van der Waals surface area contributed by atoms with Gasteiger partial charge in [-0.05, 0) is 34.5 Å². The average molecular weight is 331 g/mol. The van der Waals surface area contributed by atoms with Gasteiger partial charge in [0.05, 0.1) is 5.69 Å². The summed E-state index contributed by atoms with van der Waals surface area (Å²) in [4.78, 5) is 26.7. The van der Waals surface area contributed by atoms with Gasteiger partial charge in [-0.15, -0.1) is 0 Å². The van der Waals surface area contributed by atoms with Crippen molar-refractivity contribution in [3.8, 4) is 0 Å². The van der Waals surface area contributed by atoms with Crippen molar-refractivity contribution in [2.45, 2.75) is 31.9 Å². The molecule has 1 rings (SSSR count). The van der Waals surface area contributed by atoms with Gasteiger partial charge in [0.1, 0.15) is 10.7 Å². The molecular weight excluding hydrogens is 316 g/mol. The lowest BCUT2D eigenvalue weighted by Gasteiger charge is -2.33. The van der Waals surface area contributed by atoms with Gasteiger partial charge in [0.25, 0.3) is 0 Å². The Kier molecular flexibility index (Phi) is 5.02. The van der Waals surface area contributed by atoms with Gasteiger partial charge in [0.15, 0.2) is 5.54 Å². The van der Waals surface area contributed by atoms with E-state index in [-0.39, 0.29) is 12.1 Å². The number of carbonyl (C=O) groups excluding carboxylic acids is 1. The highest BCUT2D eigenvalue weighted by Crippen LogP contribution is 2.29. The van der Waals surface area contributed by atoms with Gasteiger partial charge in [-0.3, -0.25) is 4.79 Å². The van der Waals surface area contributed by atoms with E-state index >= 15 is 0 Å². The van der Waals surface area contributed by atoms with Gasteiger partial charge < -0.3 is 15.5 Å². The number of nitrogens with zero attached hydrogens (tertiary/aromatic N) is 1. The van der Waals surface area contributed by atoms with E-state index in [1.165, 1.54) is 13.0 Å². The van der Waals surface area contributed by atoms with Crippen LogP contribution >= 0.6 is 15.9 Å². The summed E-state index contributed by atoms with van der Waals surface area (Å²) in [6.07, 6.45) is -1.42. The summed E-state index contributed by atoms with van der Waals surface area (Å²) < 4.78 is 0.474. The van der Waals surface area contributed by atoms with Crippen LogP contribution in [0.3, 0.4) is 0 Å². The number of aromatic nitrogens is 1. The second-order valence-electron chi connectivity index (χ2n) is 4.10. The molecule has 0 fully saturated rings. The number of pyridine rings is 1. The van der Waals surface area contributed by atoms with Crippen LogP contribution in [0.15, 0.2) is 22.8 Å². The minimum Gasteiger partial charge on any atom is -0.479 e. The summed E-state index contributed by atoms with van der Waals surface area (Å²) in [5.41, 5.74) is -1.62. The molecule has 0 saturated heterocycles. The van der Waals surface area contributed by atoms with Gasteiger partial charge in [0, 0.05) is 6.92 Å². The number of aliphatic carboxylic acids is 1. The molecule has 2 atom stereocenters. The third-order valence-corrected chi connectivity index (χ3v) is 3.26. The van der Waals surface area contributed by atoms with Crippen molar-refractivity contribution < 1.29 is 19.8 Å². The Morgan fingerprint density at radius 2 is 2.16 bits per heavy atom. The molecule has 0 aromatic carbocycles. The van der Waals surface area contributed by atoms with E-state index in [0.29, 0.717) is 4.60 Å². The minimum atomic E-state index is -1.79. The Bertz CT molecular complexity index is 494. The van der Waals surface area contributed by atoms with E-state index in [1.807, 2.05) is 0 Å². The van der Waals surface area contributed by atoms with Crippen LogP contribution in [0.1, 0.15) is 32.1 Å². The van der Waals surface area contributed by atoms with Crippen LogP contribution in [0.5, 0.6) is 0 Å². The summed E-state index contributed by atoms with van der Waals surface area (Å²) in [6, 6.07) is 4.79. The van der Waals surface area contributed by atoms with Crippen LogP contribution in [-0.2, 0) is 9.59 Å². The number of carboxylic acids is 1. The number of rotatable bonds is 5. The number of aliphatic hydroxyl groups is 1. The quantitative estimate of drug-likeness (QED) is 0.705. The lowest BCUT2D eigenvalue weighted by atomic mass is 9.87. The Hall–Kier alpha value is -1.47. The zero-order valence-electron chi connectivity index (χ0n) is 10.6. The molecule has 0 saturated carbocycles. The first kappa shape index (κ1) is 15.6. The predicted molar refractivity (Wildman–Crippen MR) is 71.4 cm³/mol. The average Bonchev–Trinajstić information content (AvgIpc) is 2.34. The van der Waals surface area contributed by atoms with E-state index in [1.54, 1.807) is 19.1 Å². The number of hydrogen-bond donors (Lipinski definition) is 3. The largest absolute Gasteiger partial charge is 0.479 e. The first-order chi connectivity index (χ1) is 8.83. The maximum atomic E-state index is 11.5. The lowest BCUT2D eigenvalue weighted by Crippen LogP contribution is -2.57. The number of halogens is 1. The van der Waals surface area contributed by atoms with Crippen LogP contribution in [0.25, 0.3) is 0 Å². The molecule has 0 spiro atoms. The highest BCUT2D eigenvalue weighted by atomic mass is 79.9. The number of carboxylic acid groups (broad SMARTS) is 1. The first-order valence-corrected chi connectivity index (χ1v) is 6.45. The fraction of sp³-hybridized carbons (Fsp3) is 0.417. The molecule has 1 amide bonds. The van der Waals surface area contributed by atoms with Crippen molar-refractivity contribution in [3.05, 3.63) is 28.5 Å². The molecule has 1 heterocycles. The van der Waals surface area contributed by atoms with Gasteiger partial charge in [-0.1, -0.05) is 13.0 Å². The second kappa shape index (κ2) is 6.12. The molecule has 19 heavy (non-hydrogen) atoms. The van der Waals surface area contributed by atoms with Crippen LogP contribution in [0, 0.1) is 0 Å². The molecule has 2 unspecified atom stereocenters. The predicted octanol–water partition coefficient (Wildman–Crippen LogP) is 1.25. The van der Waals surface area contributed by atoms with Crippen molar-refractivity contribution in [3.63, 3.8) is 0 Å². The molecule has 1 aromatic heterocycles. The van der Waals surface area contributed by atoms with Crippen LogP contribution in [0.2, 0.25) is 0 Å². The maximum Gasteiger partial charge on any atom is 0.332 e. The second-order valence-corrected chi connectivity index (χ2v) is 4.91. The molecule has 6 nitrogen and oxygen atoms in total. The summed E-state index contributed by atoms with van der Waals surface area (Å²) in [5, 5.41) is 22.0. The highest BCUT2D eigenvalue weighted by molar-refractivity contribution is 9.10.